The smallest absolute Gasteiger partial charge is 0.247 e. The van der Waals surface area contributed by atoms with E-state index in [4.69, 9.17) is 10.5 Å². The van der Waals surface area contributed by atoms with Crippen LogP contribution in [0.5, 0.6) is 0 Å². The van der Waals surface area contributed by atoms with Gasteiger partial charge in [0.15, 0.2) is 0 Å². The third-order valence-corrected chi connectivity index (χ3v) is 5.19. The molecule has 2 heterocycles. The van der Waals surface area contributed by atoms with Crippen molar-refractivity contribution in [2.45, 2.75) is 56.8 Å². The number of benzene rings is 1. The molecule has 134 valence electrons. The van der Waals surface area contributed by atoms with Gasteiger partial charge in [0, 0.05) is 19.0 Å². The summed E-state index contributed by atoms with van der Waals surface area (Å²) in [7, 11) is 0. The van der Waals surface area contributed by atoms with E-state index < -0.39 is 5.54 Å². The van der Waals surface area contributed by atoms with Crippen LogP contribution in [0.4, 0.5) is 0 Å². The molecule has 0 aliphatic carbocycles. The Morgan fingerprint density at radius 2 is 2.04 bits per heavy atom. The molecule has 1 aromatic rings. The van der Waals surface area contributed by atoms with Crippen LogP contribution < -0.4 is 5.73 Å². The van der Waals surface area contributed by atoms with Crippen molar-refractivity contribution >= 4 is 17.9 Å². The molecular formula is C20H26N2O3. The van der Waals surface area contributed by atoms with Gasteiger partial charge in [0.05, 0.1) is 23.7 Å². The number of hydrogen-bond acceptors (Lipinski definition) is 3. The van der Waals surface area contributed by atoms with Crippen molar-refractivity contribution in [3.63, 3.8) is 0 Å². The molecule has 2 atom stereocenters. The average Bonchev–Trinajstić information content (AvgIpc) is 3.06. The molecule has 25 heavy (non-hydrogen) atoms. The Bertz CT molecular complexity index is 683. The summed E-state index contributed by atoms with van der Waals surface area (Å²) >= 11 is 0. The Morgan fingerprint density at radius 1 is 1.32 bits per heavy atom. The van der Waals surface area contributed by atoms with Crippen LogP contribution in [0.3, 0.4) is 0 Å². The second-order valence-electron chi connectivity index (χ2n) is 7.65. The lowest BCUT2D eigenvalue weighted by atomic mass is 9.82. The van der Waals surface area contributed by atoms with Gasteiger partial charge in [-0.25, -0.2) is 0 Å². The summed E-state index contributed by atoms with van der Waals surface area (Å²) in [5.41, 5.74) is 5.62. The van der Waals surface area contributed by atoms with Crippen LogP contribution in [0.25, 0.3) is 6.08 Å². The van der Waals surface area contributed by atoms with Crippen LogP contribution in [0.1, 0.15) is 45.1 Å². The van der Waals surface area contributed by atoms with Crippen molar-refractivity contribution in [1.29, 1.82) is 0 Å². The Hall–Kier alpha value is -2.14. The zero-order valence-corrected chi connectivity index (χ0v) is 14.9. The van der Waals surface area contributed by atoms with Gasteiger partial charge in [-0.1, -0.05) is 30.3 Å². The molecular weight excluding hydrogens is 316 g/mol. The molecule has 2 saturated heterocycles. The lowest BCUT2D eigenvalue weighted by Gasteiger charge is -2.38. The fourth-order valence-corrected chi connectivity index (χ4v) is 4.37. The highest BCUT2D eigenvalue weighted by atomic mass is 16.5. The SMILES string of the molecule is CC1(C)C[C@]2(CCCN2C(=O)/C=C/c2ccccc2)[C@H](CC(N)=O)O1. The molecule has 5 nitrogen and oxygen atoms in total. The number of ether oxygens (including phenoxy) is 1. The highest BCUT2D eigenvalue weighted by molar-refractivity contribution is 5.92. The molecule has 0 radical (unpaired) electrons. The maximum Gasteiger partial charge on any atom is 0.247 e. The lowest BCUT2D eigenvalue weighted by Crippen LogP contribution is -2.53. The summed E-state index contributed by atoms with van der Waals surface area (Å²) < 4.78 is 6.12. The number of nitrogens with two attached hydrogens (primary N) is 1. The van der Waals surface area contributed by atoms with Gasteiger partial charge < -0.3 is 15.4 Å². The number of likely N-dealkylation sites (tertiary alicyclic amines) is 1. The van der Waals surface area contributed by atoms with Gasteiger partial charge >= 0.3 is 0 Å². The topological polar surface area (TPSA) is 72.6 Å². The van der Waals surface area contributed by atoms with E-state index >= 15 is 0 Å². The molecule has 0 unspecified atom stereocenters. The van der Waals surface area contributed by atoms with Crippen molar-refractivity contribution < 1.29 is 14.3 Å². The largest absolute Gasteiger partial charge is 0.370 e. The third-order valence-electron chi connectivity index (χ3n) is 5.19. The van der Waals surface area contributed by atoms with Crippen molar-refractivity contribution in [3.05, 3.63) is 42.0 Å². The summed E-state index contributed by atoms with van der Waals surface area (Å²) in [5, 5.41) is 0. The summed E-state index contributed by atoms with van der Waals surface area (Å²) in [5.74, 6) is -0.418. The van der Waals surface area contributed by atoms with Gasteiger partial charge in [0.2, 0.25) is 11.8 Å². The minimum Gasteiger partial charge on any atom is -0.370 e. The first-order valence-electron chi connectivity index (χ1n) is 8.83. The normalized spacial score (nSPS) is 28.1. The van der Waals surface area contributed by atoms with Gasteiger partial charge in [-0.05, 0) is 38.3 Å². The van der Waals surface area contributed by atoms with Crippen molar-refractivity contribution in [1.82, 2.24) is 4.90 Å². The predicted molar refractivity (Wildman–Crippen MR) is 96.5 cm³/mol. The predicted octanol–water partition coefficient (Wildman–Crippen LogP) is 2.50. The van der Waals surface area contributed by atoms with Crippen LogP contribution in [-0.2, 0) is 14.3 Å². The summed E-state index contributed by atoms with van der Waals surface area (Å²) in [6.45, 7) is 4.71. The average molecular weight is 342 g/mol. The fraction of sp³-hybridized carbons (Fsp3) is 0.500. The minimum absolute atomic E-state index is 0.0304. The Labute approximate surface area is 148 Å². The Balaban J connectivity index is 1.84. The highest BCUT2D eigenvalue weighted by Crippen LogP contribution is 2.48. The quantitative estimate of drug-likeness (QED) is 0.855. The Morgan fingerprint density at radius 3 is 2.72 bits per heavy atom. The van der Waals surface area contributed by atoms with E-state index in [0.29, 0.717) is 6.54 Å². The molecule has 2 aliphatic rings. The third kappa shape index (κ3) is 3.61. The minimum atomic E-state index is -0.434. The molecule has 2 amide bonds. The molecule has 2 aliphatic heterocycles. The molecule has 5 heteroatoms. The summed E-state index contributed by atoms with van der Waals surface area (Å²) in [6, 6.07) is 9.75. The number of primary amides is 1. The first-order valence-corrected chi connectivity index (χ1v) is 8.83. The fourth-order valence-electron chi connectivity index (χ4n) is 4.37. The van der Waals surface area contributed by atoms with E-state index in [1.807, 2.05) is 55.2 Å². The van der Waals surface area contributed by atoms with Gasteiger partial charge in [-0.2, -0.15) is 0 Å². The number of nitrogens with zero attached hydrogens (tertiary/aromatic N) is 1. The number of amides is 2. The molecule has 1 spiro atoms. The van der Waals surface area contributed by atoms with Crippen LogP contribution in [0.2, 0.25) is 0 Å². The molecule has 3 rings (SSSR count). The van der Waals surface area contributed by atoms with E-state index in [9.17, 15) is 9.59 Å². The monoisotopic (exact) mass is 342 g/mol. The van der Waals surface area contributed by atoms with E-state index in [-0.39, 0.29) is 29.9 Å². The van der Waals surface area contributed by atoms with E-state index in [0.717, 1.165) is 24.8 Å². The summed E-state index contributed by atoms with van der Waals surface area (Å²) in [4.78, 5) is 26.3. The van der Waals surface area contributed by atoms with Gasteiger partial charge in [-0.3, -0.25) is 9.59 Å². The molecule has 0 saturated carbocycles. The molecule has 1 aromatic carbocycles. The molecule has 2 N–H and O–H groups in total. The van der Waals surface area contributed by atoms with Crippen molar-refractivity contribution in [2.75, 3.05) is 6.54 Å². The summed E-state index contributed by atoms with van der Waals surface area (Å²) in [6.07, 6.45) is 5.75. The maximum absolute atomic E-state index is 12.9. The number of rotatable bonds is 4. The lowest BCUT2D eigenvalue weighted by molar-refractivity contribution is -0.135. The number of carbonyl (C=O) groups is 2. The van der Waals surface area contributed by atoms with Crippen LogP contribution in [0, 0.1) is 0 Å². The zero-order chi connectivity index (χ0) is 18.1. The number of hydrogen-bond donors (Lipinski definition) is 1. The van der Waals surface area contributed by atoms with Crippen LogP contribution >= 0.6 is 0 Å². The van der Waals surface area contributed by atoms with Crippen molar-refractivity contribution in [2.24, 2.45) is 5.73 Å². The first kappa shape index (κ1) is 17.7. The second-order valence-corrected chi connectivity index (χ2v) is 7.65. The van der Waals surface area contributed by atoms with Gasteiger partial charge in [0.25, 0.3) is 0 Å². The maximum atomic E-state index is 12.9. The van der Waals surface area contributed by atoms with Crippen molar-refractivity contribution in [3.8, 4) is 0 Å². The van der Waals surface area contributed by atoms with E-state index in [1.165, 1.54) is 0 Å². The molecule has 0 bridgehead atoms. The molecule has 2 fully saturated rings. The first-order chi connectivity index (χ1) is 11.8. The Kier molecular flexibility index (Phi) is 4.69. The molecule has 0 aromatic heterocycles. The highest BCUT2D eigenvalue weighted by Gasteiger charge is 2.58. The van der Waals surface area contributed by atoms with E-state index in [1.54, 1.807) is 6.08 Å². The van der Waals surface area contributed by atoms with Gasteiger partial charge in [-0.15, -0.1) is 0 Å². The van der Waals surface area contributed by atoms with E-state index in [2.05, 4.69) is 0 Å². The van der Waals surface area contributed by atoms with Crippen LogP contribution in [0.15, 0.2) is 36.4 Å². The number of carbonyl (C=O) groups excluding carboxylic acids is 2. The zero-order valence-electron chi connectivity index (χ0n) is 14.9. The van der Waals surface area contributed by atoms with Gasteiger partial charge in [0.1, 0.15) is 0 Å². The van der Waals surface area contributed by atoms with Crippen LogP contribution in [-0.4, -0.2) is 40.5 Å². The second kappa shape index (κ2) is 6.64. The standard InChI is InChI=1S/C20H26N2O3/c1-19(2)14-20(16(25-19)13-17(21)23)11-6-12-22(20)18(24)10-9-15-7-4-3-5-8-15/h3-5,7-10,16H,6,11-14H2,1-2H3,(H2,21,23)/b10-9+/t16-,20+/m0/s1.